The average molecular weight is 345 g/mol. The zero-order chi connectivity index (χ0) is 16.7. The molecule has 4 rings (SSSR count). The Morgan fingerprint density at radius 2 is 2.42 bits per heavy atom. The van der Waals surface area contributed by atoms with Crippen molar-refractivity contribution in [1.82, 2.24) is 24.9 Å². The lowest BCUT2D eigenvalue weighted by Crippen LogP contribution is -2.27. The number of nitrogens with one attached hydrogen (secondary N) is 1. The molecule has 24 heavy (non-hydrogen) atoms. The number of aryl methyl sites for hydroxylation is 1. The van der Waals surface area contributed by atoms with E-state index in [9.17, 15) is 4.79 Å². The number of rotatable bonds is 4. The summed E-state index contributed by atoms with van der Waals surface area (Å²) in [5.41, 5.74) is 2.07. The molecule has 1 N–H and O–H groups in total. The van der Waals surface area contributed by atoms with E-state index < -0.39 is 0 Å². The Hall–Kier alpha value is -2.06. The van der Waals surface area contributed by atoms with Crippen LogP contribution in [0, 0.1) is 0 Å². The molecule has 1 aliphatic carbocycles. The molecule has 0 aliphatic heterocycles. The van der Waals surface area contributed by atoms with Gasteiger partial charge in [-0.2, -0.15) is 0 Å². The third-order valence-electron chi connectivity index (χ3n) is 4.47. The first-order valence-electron chi connectivity index (χ1n) is 8.13. The Kier molecular flexibility index (Phi) is 3.93. The second kappa shape index (κ2) is 6.10. The molecule has 0 spiro atoms. The van der Waals surface area contributed by atoms with Crippen molar-refractivity contribution in [1.29, 1.82) is 0 Å². The van der Waals surface area contributed by atoms with E-state index in [1.807, 2.05) is 0 Å². The standard InChI is InChI=1S/C16H19N5O2S/c1-9-4-3-5-10-11(9)12-14-19-13(15(22)17-6-7-23-2)20-21(14)8-18-16(12)24-10/h8-9H,3-7H2,1-2H3,(H,17,22)/t9-/m1/s1. The van der Waals surface area contributed by atoms with Crippen LogP contribution in [-0.4, -0.2) is 45.8 Å². The maximum atomic E-state index is 12.2. The van der Waals surface area contributed by atoms with Gasteiger partial charge in [-0.15, -0.1) is 16.4 Å². The summed E-state index contributed by atoms with van der Waals surface area (Å²) in [7, 11) is 1.60. The van der Waals surface area contributed by atoms with Gasteiger partial charge in [0.25, 0.3) is 5.91 Å². The molecule has 3 heterocycles. The van der Waals surface area contributed by atoms with Crippen LogP contribution >= 0.6 is 11.3 Å². The number of carbonyl (C=O) groups excluding carboxylic acids is 1. The number of nitrogens with zero attached hydrogens (tertiary/aromatic N) is 4. The van der Waals surface area contributed by atoms with Crippen LogP contribution in [0.25, 0.3) is 15.9 Å². The maximum absolute atomic E-state index is 12.2. The number of hydrogen-bond donors (Lipinski definition) is 1. The Morgan fingerprint density at radius 3 is 3.25 bits per heavy atom. The number of amides is 1. The maximum Gasteiger partial charge on any atom is 0.291 e. The normalized spacial score (nSPS) is 17.3. The Labute approximate surface area is 143 Å². The zero-order valence-electron chi connectivity index (χ0n) is 13.7. The first kappa shape index (κ1) is 15.5. The van der Waals surface area contributed by atoms with Crippen molar-refractivity contribution in [3.8, 4) is 0 Å². The number of thiophene rings is 1. The summed E-state index contributed by atoms with van der Waals surface area (Å²) < 4.78 is 6.55. The summed E-state index contributed by atoms with van der Waals surface area (Å²) in [5, 5.41) is 8.11. The van der Waals surface area contributed by atoms with Gasteiger partial charge in [-0.25, -0.2) is 14.5 Å². The molecule has 1 atom stereocenters. The summed E-state index contributed by atoms with van der Waals surface area (Å²) in [5.74, 6) is 0.371. The number of ether oxygens (including phenoxy) is 1. The van der Waals surface area contributed by atoms with Crippen molar-refractivity contribution in [3.63, 3.8) is 0 Å². The van der Waals surface area contributed by atoms with Gasteiger partial charge < -0.3 is 10.1 Å². The van der Waals surface area contributed by atoms with Crippen LogP contribution in [0.3, 0.4) is 0 Å². The van der Waals surface area contributed by atoms with Crippen LogP contribution in [-0.2, 0) is 11.2 Å². The molecular formula is C16H19N5O2S. The van der Waals surface area contributed by atoms with Crippen molar-refractivity contribution >= 4 is 33.1 Å². The summed E-state index contributed by atoms with van der Waals surface area (Å²) in [6, 6.07) is 0. The minimum Gasteiger partial charge on any atom is -0.383 e. The quantitative estimate of drug-likeness (QED) is 0.733. The van der Waals surface area contributed by atoms with Gasteiger partial charge in [0.15, 0.2) is 5.65 Å². The van der Waals surface area contributed by atoms with E-state index in [0.29, 0.717) is 19.1 Å². The lowest BCUT2D eigenvalue weighted by molar-refractivity contribution is 0.0927. The Bertz CT molecular complexity index is 916. The number of fused-ring (bicyclic) bond motifs is 5. The Balaban J connectivity index is 1.80. The summed E-state index contributed by atoms with van der Waals surface area (Å²) >= 11 is 1.74. The van der Waals surface area contributed by atoms with Gasteiger partial charge in [0.1, 0.15) is 11.2 Å². The molecule has 0 saturated carbocycles. The molecule has 0 saturated heterocycles. The molecule has 8 heteroatoms. The molecule has 7 nitrogen and oxygen atoms in total. The highest BCUT2D eigenvalue weighted by atomic mass is 32.1. The molecule has 0 radical (unpaired) electrons. The lowest BCUT2D eigenvalue weighted by atomic mass is 9.87. The van der Waals surface area contributed by atoms with Crippen LogP contribution in [0.15, 0.2) is 6.33 Å². The van der Waals surface area contributed by atoms with Gasteiger partial charge in [0.2, 0.25) is 5.82 Å². The highest BCUT2D eigenvalue weighted by Crippen LogP contribution is 2.42. The Morgan fingerprint density at radius 1 is 1.54 bits per heavy atom. The first-order chi connectivity index (χ1) is 11.7. The minimum absolute atomic E-state index is 0.170. The molecule has 1 amide bonds. The first-order valence-corrected chi connectivity index (χ1v) is 8.94. The fourth-order valence-corrected chi connectivity index (χ4v) is 4.62. The second-order valence-electron chi connectivity index (χ2n) is 6.11. The van der Waals surface area contributed by atoms with Crippen molar-refractivity contribution in [3.05, 3.63) is 22.6 Å². The monoisotopic (exact) mass is 345 g/mol. The van der Waals surface area contributed by atoms with Crippen LogP contribution in [0.1, 0.15) is 46.7 Å². The number of hydrogen-bond acceptors (Lipinski definition) is 6. The van der Waals surface area contributed by atoms with E-state index in [1.54, 1.807) is 29.3 Å². The third kappa shape index (κ3) is 2.46. The van der Waals surface area contributed by atoms with Crippen LogP contribution < -0.4 is 5.32 Å². The molecule has 0 bridgehead atoms. The van der Waals surface area contributed by atoms with Gasteiger partial charge in [-0.3, -0.25) is 4.79 Å². The van der Waals surface area contributed by atoms with Crippen molar-refractivity contribution in [2.75, 3.05) is 20.3 Å². The van der Waals surface area contributed by atoms with Gasteiger partial charge in [-0.1, -0.05) is 6.92 Å². The molecule has 3 aromatic rings. The molecule has 0 aromatic carbocycles. The summed E-state index contributed by atoms with van der Waals surface area (Å²) in [6.45, 7) is 3.15. The van der Waals surface area contributed by atoms with Gasteiger partial charge in [0, 0.05) is 18.5 Å². The highest BCUT2D eigenvalue weighted by Gasteiger charge is 2.25. The lowest BCUT2D eigenvalue weighted by Gasteiger charge is -2.18. The van der Waals surface area contributed by atoms with Gasteiger partial charge in [0.05, 0.1) is 12.0 Å². The molecule has 1 aliphatic rings. The van der Waals surface area contributed by atoms with Crippen LogP contribution in [0.5, 0.6) is 0 Å². The van der Waals surface area contributed by atoms with Crippen LogP contribution in [0.2, 0.25) is 0 Å². The third-order valence-corrected chi connectivity index (χ3v) is 5.64. The number of aromatic nitrogens is 4. The van der Waals surface area contributed by atoms with Gasteiger partial charge >= 0.3 is 0 Å². The largest absolute Gasteiger partial charge is 0.383 e. The van der Waals surface area contributed by atoms with E-state index in [0.717, 1.165) is 22.3 Å². The topological polar surface area (TPSA) is 81.4 Å². The molecule has 126 valence electrons. The number of methoxy groups -OCH3 is 1. The van der Waals surface area contributed by atoms with E-state index in [2.05, 4.69) is 27.3 Å². The SMILES string of the molecule is COCCNC(=O)c1nc2c3c4c(sc3ncn2n1)CCC[C@H]4C. The van der Waals surface area contributed by atoms with Crippen molar-refractivity contribution < 1.29 is 9.53 Å². The van der Waals surface area contributed by atoms with E-state index >= 15 is 0 Å². The van der Waals surface area contributed by atoms with E-state index in [-0.39, 0.29) is 11.7 Å². The van der Waals surface area contributed by atoms with E-state index in [4.69, 9.17) is 4.74 Å². The predicted octanol–water partition coefficient (Wildman–Crippen LogP) is 2.16. The molecule has 0 fully saturated rings. The minimum atomic E-state index is -0.291. The number of carbonyl (C=O) groups is 1. The summed E-state index contributed by atoms with van der Waals surface area (Å²) in [6.07, 6.45) is 5.14. The molecule has 3 aromatic heterocycles. The average Bonchev–Trinajstić information content (AvgIpc) is 3.16. The molecular weight excluding hydrogens is 326 g/mol. The van der Waals surface area contributed by atoms with Crippen LogP contribution in [0.4, 0.5) is 0 Å². The summed E-state index contributed by atoms with van der Waals surface area (Å²) in [4.78, 5) is 23.6. The highest BCUT2D eigenvalue weighted by molar-refractivity contribution is 7.19. The second-order valence-corrected chi connectivity index (χ2v) is 7.19. The fourth-order valence-electron chi connectivity index (χ4n) is 3.33. The van der Waals surface area contributed by atoms with Gasteiger partial charge in [-0.05, 0) is 30.7 Å². The predicted molar refractivity (Wildman–Crippen MR) is 91.7 cm³/mol. The zero-order valence-corrected chi connectivity index (χ0v) is 14.5. The molecule has 0 unspecified atom stereocenters. The fraction of sp³-hybridized carbons (Fsp3) is 0.500. The smallest absolute Gasteiger partial charge is 0.291 e. The van der Waals surface area contributed by atoms with Crippen molar-refractivity contribution in [2.24, 2.45) is 0 Å². The van der Waals surface area contributed by atoms with Crippen molar-refractivity contribution in [2.45, 2.75) is 32.1 Å². The van der Waals surface area contributed by atoms with E-state index in [1.165, 1.54) is 23.3 Å².